The Labute approximate surface area is 484 Å². The highest BCUT2D eigenvalue weighted by Crippen LogP contribution is 2.33. The predicted molar refractivity (Wildman–Crippen MR) is 309 cm³/mol. The molecule has 3 saturated heterocycles. The first kappa shape index (κ1) is 73.0. The van der Waals surface area contributed by atoms with Crippen LogP contribution in [-0.2, 0) is 33.2 Å². The summed E-state index contributed by atoms with van der Waals surface area (Å²) in [5, 5.41) is 120. The molecule has 1 amide bonds. The van der Waals surface area contributed by atoms with Crippen LogP contribution in [0.4, 0.5) is 0 Å². The van der Waals surface area contributed by atoms with Gasteiger partial charge in [-0.25, -0.2) is 0 Å². The van der Waals surface area contributed by atoms with Gasteiger partial charge in [0, 0.05) is 6.42 Å². The Morgan fingerprint density at radius 1 is 0.444 bits per heavy atom. The number of aliphatic hydroxyl groups excluding tert-OH is 11. The van der Waals surface area contributed by atoms with E-state index in [0.29, 0.717) is 6.42 Å². The second kappa shape index (κ2) is 45.1. The van der Waals surface area contributed by atoms with Gasteiger partial charge in [0.15, 0.2) is 18.9 Å². The minimum Gasteiger partial charge on any atom is -0.394 e. The number of nitrogens with one attached hydrogen (secondary N) is 1. The third-order valence-electron chi connectivity index (χ3n) is 15.6. The largest absolute Gasteiger partial charge is 0.394 e. The van der Waals surface area contributed by atoms with Gasteiger partial charge in [-0.1, -0.05) is 191 Å². The van der Waals surface area contributed by atoms with Crippen LogP contribution >= 0.6 is 0 Å². The lowest BCUT2D eigenvalue weighted by molar-refractivity contribution is -0.379. The number of allylic oxidation sites excluding steroid dienone is 7. The number of carbonyl (C=O) groups excluding carboxylic acids is 1. The number of ether oxygens (including phenoxy) is 6. The van der Waals surface area contributed by atoms with E-state index in [-0.39, 0.29) is 18.9 Å². The lowest BCUT2D eigenvalue weighted by Gasteiger charge is -2.48. The molecular weight excluding hydrogens is 1050 g/mol. The standard InChI is InChI=1S/C62H111NO18/c1-3-5-7-9-11-13-14-15-16-17-18-19-20-21-22-23-24-25-26-27-28-29-30-32-34-36-38-40-50(68)63-45(46(67)39-37-35-33-31-12-10-8-6-4-2)44-76-60-56(74)53(71)58(48(42-65)78-60)81-62-57(75)54(72)59(49(43-66)79-62)80-61-55(73)52(70)51(69)47(41-64)77-61/h14-15,17-18,20-21,37,39,45-49,51-62,64-67,69-75H,3-13,16,19,22-36,38,40-44H2,1-2H3,(H,63,68)/b15-14-,18-17-,21-20-,39-37+. The molecule has 3 rings (SSSR count). The second-order valence-corrected chi connectivity index (χ2v) is 22.5. The van der Waals surface area contributed by atoms with Crippen molar-refractivity contribution in [3.63, 3.8) is 0 Å². The molecule has 3 aliphatic rings. The molecule has 0 aliphatic carbocycles. The molecular formula is C62H111NO18. The Balaban J connectivity index is 1.40. The molecule has 3 fully saturated rings. The molecule has 81 heavy (non-hydrogen) atoms. The van der Waals surface area contributed by atoms with Gasteiger partial charge in [0.25, 0.3) is 0 Å². The molecule has 17 atom stereocenters. The van der Waals surface area contributed by atoms with E-state index in [1.54, 1.807) is 6.08 Å². The van der Waals surface area contributed by atoms with E-state index in [9.17, 15) is 61.0 Å². The summed E-state index contributed by atoms with van der Waals surface area (Å²) in [4.78, 5) is 13.3. The number of unbranched alkanes of at least 4 members (excludes halogenated alkanes) is 24. The van der Waals surface area contributed by atoms with Crippen LogP contribution < -0.4 is 5.32 Å². The molecule has 3 heterocycles. The highest BCUT2D eigenvalue weighted by molar-refractivity contribution is 5.76. The predicted octanol–water partition coefficient (Wildman–Crippen LogP) is 6.26. The molecule has 3 aliphatic heterocycles. The van der Waals surface area contributed by atoms with Crippen molar-refractivity contribution in [3.05, 3.63) is 48.6 Å². The van der Waals surface area contributed by atoms with Crippen LogP contribution in [0.25, 0.3) is 0 Å². The number of aliphatic hydroxyl groups is 11. The number of hydrogen-bond acceptors (Lipinski definition) is 18. The van der Waals surface area contributed by atoms with E-state index < -0.39 is 124 Å². The van der Waals surface area contributed by atoms with Gasteiger partial charge in [-0.2, -0.15) is 0 Å². The maximum absolute atomic E-state index is 13.3. The van der Waals surface area contributed by atoms with Gasteiger partial charge in [0.05, 0.1) is 38.6 Å². The fourth-order valence-corrected chi connectivity index (χ4v) is 10.4. The minimum atomic E-state index is -1.98. The van der Waals surface area contributed by atoms with Gasteiger partial charge < -0.3 is 89.9 Å². The van der Waals surface area contributed by atoms with Gasteiger partial charge in [-0.05, 0) is 57.8 Å². The quantitative estimate of drug-likeness (QED) is 0.0236. The van der Waals surface area contributed by atoms with Crippen molar-refractivity contribution in [2.45, 2.75) is 311 Å². The Morgan fingerprint density at radius 3 is 1.27 bits per heavy atom. The maximum Gasteiger partial charge on any atom is 0.220 e. The zero-order valence-electron chi connectivity index (χ0n) is 49.3. The smallest absolute Gasteiger partial charge is 0.220 e. The third-order valence-corrected chi connectivity index (χ3v) is 15.6. The normalized spacial score (nSPS) is 30.1. The van der Waals surface area contributed by atoms with Gasteiger partial charge in [-0.15, -0.1) is 0 Å². The van der Waals surface area contributed by atoms with E-state index in [1.807, 2.05) is 6.08 Å². The van der Waals surface area contributed by atoms with Crippen LogP contribution in [0.15, 0.2) is 48.6 Å². The molecule has 12 N–H and O–H groups in total. The van der Waals surface area contributed by atoms with Crippen molar-refractivity contribution in [1.82, 2.24) is 5.32 Å². The highest BCUT2D eigenvalue weighted by atomic mass is 16.8. The number of rotatable bonds is 46. The number of amides is 1. The SMILES string of the molecule is CCCCCCC/C=C\C/C=C\C/C=C\CCCCCCCCCCCCCCC(=O)NC(COC1OC(CO)C(OC2OC(CO)C(OC3OC(CO)C(O)C(O)C3O)C(O)C2O)C(O)C1O)C(O)/C=C/CCCCCCCCC. The van der Waals surface area contributed by atoms with Crippen LogP contribution in [0.1, 0.15) is 206 Å². The van der Waals surface area contributed by atoms with Gasteiger partial charge in [0.2, 0.25) is 5.91 Å². The zero-order valence-corrected chi connectivity index (χ0v) is 49.3. The monoisotopic (exact) mass is 1160 g/mol. The molecule has 472 valence electrons. The summed E-state index contributed by atoms with van der Waals surface area (Å²) in [7, 11) is 0. The van der Waals surface area contributed by atoms with Crippen molar-refractivity contribution in [1.29, 1.82) is 0 Å². The van der Waals surface area contributed by atoms with E-state index in [0.717, 1.165) is 64.2 Å². The first-order valence-electron chi connectivity index (χ1n) is 31.4. The topological polar surface area (TPSA) is 307 Å². The van der Waals surface area contributed by atoms with Crippen LogP contribution in [0, 0.1) is 0 Å². The second-order valence-electron chi connectivity index (χ2n) is 22.5. The highest BCUT2D eigenvalue weighted by Gasteiger charge is 2.53. The average Bonchev–Trinajstić information content (AvgIpc) is 3.47. The van der Waals surface area contributed by atoms with Crippen LogP contribution in [0.3, 0.4) is 0 Å². The Morgan fingerprint density at radius 2 is 0.815 bits per heavy atom. The first-order chi connectivity index (χ1) is 39.3. The Hall–Kier alpha value is -2.25. The summed E-state index contributed by atoms with van der Waals surface area (Å²) in [5.74, 6) is -0.282. The van der Waals surface area contributed by atoms with Crippen LogP contribution in [0.2, 0.25) is 0 Å². The first-order valence-corrected chi connectivity index (χ1v) is 31.4. The number of hydrogen-bond donors (Lipinski definition) is 12. The van der Waals surface area contributed by atoms with E-state index >= 15 is 0 Å². The molecule has 17 unspecified atom stereocenters. The van der Waals surface area contributed by atoms with Crippen molar-refractivity contribution >= 4 is 5.91 Å². The lowest BCUT2D eigenvalue weighted by Crippen LogP contribution is -2.66. The molecule has 19 nitrogen and oxygen atoms in total. The van der Waals surface area contributed by atoms with Gasteiger partial charge >= 0.3 is 0 Å². The van der Waals surface area contributed by atoms with E-state index in [1.165, 1.54) is 116 Å². The zero-order chi connectivity index (χ0) is 59.0. The summed E-state index contributed by atoms with van der Waals surface area (Å²) in [5.41, 5.74) is 0. The molecule has 0 bridgehead atoms. The van der Waals surface area contributed by atoms with Crippen molar-refractivity contribution < 1.29 is 89.4 Å². The van der Waals surface area contributed by atoms with E-state index in [4.69, 9.17) is 28.4 Å². The summed E-state index contributed by atoms with van der Waals surface area (Å²) >= 11 is 0. The number of carbonyl (C=O) groups is 1. The molecule has 0 radical (unpaired) electrons. The fourth-order valence-electron chi connectivity index (χ4n) is 10.4. The van der Waals surface area contributed by atoms with E-state index in [2.05, 4.69) is 55.6 Å². The molecule has 0 aromatic heterocycles. The average molecular weight is 1160 g/mol. The molecule has 19 heteroatoms. The van der Waals surface area contributed by atoms with Crippen molar-refractivity contribution in [2.75, 3.05) is 26.4 Å². The third kappa shape index (κ3) is 28.7. The summed E-state index contributed by atoms with van der Waals surface area (Å²) in [6.45, 7) is 1.66. The molecule has 0 saturated carbocycles. The fraction of sp³-hybridized carbons (Fsp3) is 0.855. The summed E-state index contributed by atoms with van der Waals surface area (Å²) < 4.78 is 34.2. The van der Waals surface area contributed by atoms with Gasteiger partial charge in [-0.3, -0.25) is 4.79 Å². The summed E-state index contributed by atoms with van der Waals surface area (Å²) in [6, 6.07) is -0.972. The lowest BCUT2D eigenvalue weighted by atomic mass is 9.96. The Kier molecular flexibility index (Phi) is 40.7. The Bertz CT molecular complexity index is 1670. The minimum absolute atomic E-state index is 0.240. The summed E-state index contributed by atoms with van der Waals surface area (Å²) in [6.07, 6.45) is 24.0. The maximum atomic E-state index is 13.3. The van der Waals surface area contributed by atoms with Crippen molar-refractivity contribution in [2.24, 2.45) is 0 Å². The van der Waals surface area contributed by atoms with Crippen LogP contribution in [-0.4, -0.2) is 193 Å². The molecule has 0 spiro atoms. The van der Waals surface area contributed by atoms with Crippen LogP contribution in [0.5, 0.6) is 0 Å². The van der Waals surface area contributed by atoms with Crippen molar-refractivity contribution in [3.8, 4) is 0 Å². The van der Waals surface area contributed by atoms with Gasteiger partial charge in [0.1, 0.15) is 73.2 Å². The molecule has 0 aromatic rings. The molecule has 0 aromatic carbocycles.